The smallest absolute Gasteiger partial charge is 0.119 e. The number of rotatable bonds is 7. The lowest BCUT2D eigenvalue weighted by Gasteiger charge is -2.05. The summed E-state index contributed by atoms with van der Waals surface area (Å²) in [5, 5.41) is 8.35. The van der Waals surface area contributed by atoms with E-state index in [1.165, 1.54) is 5.56 Å². The molecule has 0 aliphatic rings. The molecular weight excluding hydrogens is 218 g/mol. The number of nitriles is 1. The van der Waals surface area contributed by atoms with Crippen molar-refractivity contribution in [2.75, 3.05) is 18.1 Å². The van der Waals surface area contributed by atoms with Gasteiger partial charge in [-0.1, -0.05) is 17.7 Å². The summed E-state index contributed by atoms with van der Waals surface area (Å²) in [4.78, 5) is 0. The van der Waals surface area contributed by atoms with Crippen LogP contribution in [0.4, 0.5) is 0 Å². The number of aryl methyl sites for hydroxylation is 1. The SMILES string of the molecule is Cc1ccc(OCCCSCCC#N)cc1. The van der Waals surface area contributed by atoms with Gasteiger partial charge < -0.3 is 4.74 Å². The first-order valence-electron chi connectivity index (χ1n) is 5.47. The van der Waals surface area contributed by atoms with E-state index in [1.807, 2.05) is 23.9 Å². The maximum atomic E-state index is 8.35. The molecule has 0 fully saturated rings. The number of ether oxygens (including phenoxy) is 1. The number of hydrogen-bond acceptors (Lipinski definition) is 3. The second-order valence-corrected chi connectivity index (χ2v) is 4.76. The Morgan fingerprint density at radius 1 is 1.25 bits per heavy atom. The lowest BCUT2D eigenvalue weighted by atomic mass is 10.2. The van der Waals surface area contributed by atoms with Crippen molar-refractivity contribution in [3.05, 3.63) is 29.8 Å². The van der Waals surface area contributed by atoms with Crippen LogP contribution < -0.4 is 4.74 Å². The third kappa shape index (κ3) is 5.67. The van der Waals surface area contributed by atoms with Gasteiger partial charge in [0, 0.05) is 12.2 Å². The average Bonchev–Trinajstić information content (AvgIpc) is 2.30. The quantitative estimate of drug-likeness (QED) is 0.679. The van der Waals surface area contributed by atoms with Gasteiger partial charge >= 0.3 is 0 Å². The fourth-order valence-corrected chi connectivity index (χ4v) is 1.97. The lowest BCUT2D eigenvalue weighted by molar-refractivity contribution is 0.318. The molecule has 0 aliphatic heterocycles. The van der Waals surface area contributed by atoms with Gasteiger partial charge in [-0.15, -0.1) is 0 Å². The van der Waals surface area contributed by atoms with Crippen LogP contribution in [0.2, 0.25) is 0 Å². The molecule has 0 amide bonds. The third-order valence-corrected chi connectivity index (χ3v) is 3.15. The first kappa shape index (κ1) is 12.9. The highest BCUT2D eigenvalue weighted by Gasteiger charge is 1.93. The third-order valence-electron chi connectivity index (χ3n) is 2.08. The van der Waals surface area contributed by atoms with Crippen molar-refractivity contribution in [3.63, 3.8) is 0 Å². The molecule has 0 unspecified atom stereocenters. The monoisotopic (exact) mass is 235 g/mol. The summed E-state index contributed by atoms with van der Waals surface area (Å²) in [6.07, 6.45) is 1.67. The van der Waals surface area contributed by atoms with Crippen molar-refractivity contribution in [1.82, 2.24) is 0 Å². The molecule has 3 heteroatoms. The summed E-state index contributed by atoms with van der Waals surface area (Å²) < 4.78 is 5.59. The van der Waals surface area contributed by atoms with Crippen LogP contribution >= 0.6 is 11.8 Å². The molecule has 1 aromatic rings. The summed E-state index contributed by atoms with van der Waals surface area (Å²) in [7, 11) is 0. The number of benzene rings is 1. The van der Waals surface area contributed by atoms with Crippen molar-refractivity contribution >= 4 is 11.8 Å². The normalized spacial score (nSPS) is 9.75. The van der Waals surface area contributed by atoms with Crippen LogP contribution in [0, 0.1) is 18.3 Å². The zero-order valence-corrected chi connectivity index (χ0v) is 10.4. The molecule has 16 heavy (non-hydrogen) atoms. The van der Waals surface area contributed by atoms with Crippen LogP contribution in [0.5, 0.6) is 5.75 Å². The van der Waals surface area contributed by atoms with Gasteiger partial charge in [0.2, 0.25) is 0 Å². The van der Waals surface area contributed by atoms with Crippen molar-refractivity contribution in [2.45, 2.75) is 19.8 Å². The predicted molar refractivity (Wildman–Crippen MR) is 68.8 cm³/mol. The molecule has 86 valence electrons. The average molecular weight is 235 g/mol. The first-order valence-corrected chi connectivity index (χ1v) is 6.62. The molecule has 0 spiro atoms. The standard InChI is InChI=1S/C13H17NOS/c1-12-4-6-13(7-5-12)15-9-3-11-16-10-2-8-14/h4-7H,2-3,9-11H2,1H3. The Morgan fingerprint density at radius 2 is 2.00 bits per heavy atom. The van der Waals surface area contributed by atoms with E-state index in [2.05, 4.69) is 25.1 Å². The van der Waals surface area contributed by atoms with Gasteiger partial charge in [-0.05, 0) is 31.2 Å². The van der Waals surface area contributed by atoms with E-state index in [1.54, 1.807) is 0 Å². The van der Waals surface area contributed by atoms with Crippen molar-refractivity contribution in [2.24, 2.45) is 0 Å². The van der Waals surface area contributed by atoms with Gasteiger partial charge in [0.25, 0.3) is 0 Å². The Morgan fingerprint density at radius 3 is 2.69 bits per heavy atom. The Balaban J connectivity index is 2.03. The van der Waals surface area contributed by atoms with Gasteiger partial charge in [-0.2, -0.15) is 17.0 Å². The predicted octanol–water partition coefficient (Wildman–Crippen LogP) is 3.41. The zero-order chi connectivity index (χ0) is 11.6. The maximum absolute atomic E-state index is 8.35. The summed E-state index contributed by atoms with van der Waals surface area (Å²) in [5.74, 6) is 2.93. The van der Waals surface area contributed by atoms with Gasteiger partial charge in [0.05, 0.1) is 12.7 Å². The van der Waals surface area contributed by atoms with Gasteiger partial charge in [-0.3, -0.25) is 0 Å². The molecule has 0 aliphatic carbocycles. The maximum Gasteiger partial charge on any atom is 0.119 e. The van der Waals surface area contributed by atoms with E-state index < -0.39 is 0 Å². The Hall–Kier alpha value is -1.14. The molecule has 0 heterocycles. The second-order valence-electron chi connectivity index (χ2n) is 3.54. The summed E-state index contributed by atoms with van der Waals surface area (Å²) in [6.45, 7) is 2.82. The fourth-order valence-electron chi connectivity index (χ4n) is 1.21. The molecule has 0 bridgehead atoms. The van der Waals surface area contributed by atoms with E-state index >= 15 is 0 Å². The zero-order valence-electron chi connectivity index (χ0n) is 9.61. The molecule has 0 radical (unpaired) electrons. The Kier molecular flexibility index (Phi) is 6.52. The summed E-state index contributed by atoms with van der Waals surface area (Å²) in [6, 6.07) is 10.2. The molecular formula is C13H17NOS. The largest absolute Gasteiger partial charge is 0.494 e. The minimum Gasteiger partial charge on any atom is -0.494 e. The minimum absolute atomic E-state index is 0.642. The first-order chi connectivity index (χ1) is 7.83. The molecule has 1 rings (SSSR count). The van der Waals surface area contributed by atoms with E-state index in [4.69, 9.17) is 10.00 Å². The van der Waals surface area contributed by atoms with Crippen molar-refractivity contribution in [3.8, 4) is 11.8 Å². The van der Waals surface area contributed by atoms with E-state index in [0.29, 0.717) is 6.42 Å². The number of thioether (sulfide) groups is 1. The van der Waals surface area contributed by atoms with Crippen LogP contribution in [-0.2, 0) is 0 Å². The van der Waals surface area contributed by atoms with Crippen LogP contribution in [0.25, 0.3) is 0 Å². The van der Waals surface area contributed by atoms with E-state index in [9.17, 15) is 0 Å². The number of nitrogens with zero attached hydrogens (tertiary/aromatic N) is 1. The van der Waals surface area contributed by atoms with E-state index in [-0.39, 0.29) is 0 Å². The highest BCUT2D eigenvalue weighted by molar-refractivity contribution is 7.99. The van der Waals surface area contributed by atoms with Crippen molar-refractivity contribution in [1.29, 1.82) is 5.26 Å². The molecule has 1 aromatic carbocycles. The van der Waals surface area contributed by atoms with Gasteiger partial charge in [0.15, 0.2) is 0 Å². The van der Waals surface area contributed by atoms with Crippen LogP contribution in [0.3, 0.4) is 0 Å². The lowest BCUT2D eigenvalue weighted by Crippen LogP contribution is -1.98. The van der Waals surface area contributed by atoms with Gasteiger partial charge in [0.1, 0.15) is 5.75 Å². The highest BCUT2D eigenvalue weighted by atomic mass is 32.2. The Bertz CT molecular complexity index is 329. The minimum atomic E-state index is 0.642. The van der Waals surface area contributed by atoms with Crippen molar-refractivity contribution < 1.29 is 4.74 Å². The molecule has 0 N–H and O–H groups in total. The fraction of sp³-hybridized carbons (Fsp3) is 0.462. The molecule has 2 nitrogen and oxygen atoms in total. The molecule has 0 aromatic heterocycles. The molecule has 0 atom stereocenters. The van der Waals surface area contributed by atoms with Gasteiger partial charge in [-0.25, -0.2) is 0 Å². The number of hydrogen-bond donors (Lipinski definition) is 0. The summed E-state index contributed by atoms with van der Waals surface area (Å²) >= 11 is 1.81. The molecule has 0 saturated heterocycles. The Labute approximate surface area is 102 Å². The van der Waals surface area contributed by atoms with Crippen LogP contribution in [0.15, 0.2) is 24.3 Å². The topological polar surface area (TPSA) is 33.0 Å². The molecule has 0 saturated carbocycles. The summed E-state index contributed by atoms with van der Waals surface area (Å²) in [5.41, 5.74) is 1.25. The highest BCUT2D eigenvalue weighted by Crippen LogP contribution is 2.12. The van der Waals surface area contributed by atoms with Crippen LogP contribution in [0.1, 0.15) is 18.4 Å². The second kappa shape index (κ2) is 8.06. The van der Waals surface area contributed by atoms with Crippen LogP contribution in [-0.4, -0.2) is 18.1 Å². The van der Waals surface area contributed by atoms with E-state index in [0.717, 1.165) is 30.3 Å².